The molecule has 5 heteroatoms. The number of hydrogen-bond acceptors (Lipinski definition) is 2. The third-order valence-corrected chi connectivity index (χ3v) is 4.32. The molecule has 2 atom stereocenters. The van der Waals surface area contributed by atoms with Crippen molar-refractivity contribution in [1.82, 2.24) is 4.90 Å². The van der Waals surface area contributed by atoms with Crippen LogP contribution in [0.3, 0.4) is 0 Å². The summed E-state index contributed by atoms with van der Waals surface area (Å²) in [7, 11) is 0. The Hall–Kier alpha value is -0.580. The van der Waals surface area contributed by atoms with E-state index in [1.807, 2.05) is 11.0 Å². The molecular weight excluding hydrogens is 328 g/mol. The van der Waals surface area contributed by atoms with Gasteiger partial charge in [0.15, 0.2) is 0 Å². The van der Waals surface area contributed by atoms with E-state index < -0.39 is 0 Å². The number of halogens is 2. The van der Waals surface area contributed by atoms with Gasteiger partial charge in [0.1, 0.15) is 0 Å². The minimum absolute atomic E-state index is 0.0193. The maximum Gasteiger partial charge on any atom is 0.254 e. The Balaban J connectivity index is 2.30. The van der Waals surface area contributed by atoms with E-state index in [-0.39, 0.29) is 18.0 Å². The van der Waals surface area contributed by atoms with E-state index >= 15 is 0 Å². The summed E-state index contributed by atoms with van der Waals surface area (Å²) >= 11 is 9.39. The van der Waals surface area contributed by atoms with E-state index in [9.17, 15) is 4.79 Å². The molecule has 104 valence electrons. The van der Waals surface area contributed by atoms with Gasteiger partial charge in [0, 0.05) is 33.7 Å². The number of amides is 1. The number of rotatable bonds is 2. The number of nitrogens with zero attached hydrogens (tertiary/aromatic N) is 1. The first-order chi connectivity index (χ1) is 9.02. The highest BCUT2D eigenvalue weighted by Gasteiger charge is 2.31. The lowest BCUT2D eigenvalue weighted by Gasteiger charge is -2.40. The van der Waals surface area contributed by atoms with Crippen LogP contribution in [0.1, 0.15) is 36.5 Å². The van der Waals surface area contributed by atoms with Crippen molar-refractivity contribution in [3.63, 3.8) is 0 Å². The van der Waals surface area contributed by atoms with Crippen LogP contribution in [0.5, 0.6) is 0 Å². The zero-order chi connectivity index (χ0) is 14.0. The molecule has 0 aliphatic carbocycles. The molecule has 0 saturated carbocycles. The smallest absolute Gasteiger partial charge is 0.254 e. The highest BCUT2D eigenvalue weighted by molar-refractivity contribution is 9.10. The van der Waals surface area contributed by atoms with Crippen molar-refractivity contribution in [3.8, 4) is 0 Å². The molecule has 1 aliphatic heterocycles. The number of piperidine rings is 1. The Morgan fingerprint density at radius 2 is 2.21 bits per heavy atom. The summed E-state index contributed by atoms with van der Waals surface area (Å²) in [5.41, 5.74) is 6.42. The molecule has 0 aromatic heterocycles. The molecule has 0 spiro atoms. The van der Waals surface area contributed by atoms with Crippen molar-refractivity contribution in [1.29, 1.82) is 0 Å². The largest absolute Gasteiger partial charge is 0.332 e. The molecule has 0 radical (unpaired) electrons. The number of carbonyl (C=O) groups excluding carboxylic acids is 1. The van der Waals surface area contributed by atoms with Gasteiger partial charge in [-0.3, -0.25) is 4.79 Å². The van der Waals surface area contributed by atoms with Gasteiger partial charge in [-0.15, -0.1) is 0 Å². The van der Waals surface area contributed by atoms with Gasteiger partial charge in [0.25, 0.3) is 5.91 Å². The summed E-state index contributed by atoms with van der Waals surface area (Å²) in [5.74, 6) is 0.0193. The van der Waals surface area contributed by atoms with E-state index in [1.54, 1.807) is 12.1 Å². The quantitative estimate of drug-likeness (QED) is 0.892. The standard InChI is InChI=1S/C14H18BrClN2O/c1-9-3-2-4-13(8-17)18(9)14(19)10-5-11(15)7-12(16)6-10/h5-7,9,13H,2-4,8,17H2,1H3. The zero-order valence-electron chi connectivity index (χ0n) is 10.9. The van der Waals surface area contributed by atoms with Gasteiger partial charge in [-0.05, 0) is 44.4 Å². The zero-order valence-corrected chi connectivity index (χ0v) is 13.2. The van der Waals surface area contributed by atoms with Crippen molar-refractivity contribution >= 4 is 33.4 Å². The van der Waals surface area contributed by atoms with Crippen LogP contribution < -0.4 is 5.73 Å². The van der Waals surface area contributed by atoms with E-state index in [2.05, 4.69) is 22.9 Å². The van der Waals surface area contributed by atoms with Crippen LogP contribution in [0.4, 0.5) is 0 Å². The molecule has 1 heterocycles. The Kier molecular flexibility index (Phi) is 4.87. The fourth-order valence-electron chi connectivity index (χ4n) is 2.71. The Bertz CT molecular complexity index is 460. The molecule has 1 aliphatic rings. The maximum atomic E-state index is 12.7. The summed E-state index contributed by atoms with van der Waals surface area (Å²) in [6.07, 6.45) is 3.14. The van der Waals surface area contributed by atoms with Crippen LogP contribution in [0.25, 0.3) is 0 Å². The topological polar surface area (TPSA) is 46.3 Å². The number of carbonyl (C=O) groups is 1. The molecule has 1 aromatic carbocycles. The Morgan fingerprint density at radius 1 is 1.47 bits per heavy atom. The Morgan fingerprint density at radius 3 is 2.84 bits per heavy atom. The average Bonchev–Trinajstić information content (AvgIpc) is 2.36. The number of likely N-dealkylation sites (tertiary alicyclic amines) is 1. The maximum absolute atomic E-state index is 12.7. The summed E-state index contributed by atoms with van der Waals surface area (Å²) in [5, 5.41) is 0.562. The van der Waals surface area contributed by atoms with Crippen molar-refractivity contribution in [2.45, 2.75) is 38.3 Å². The molecule has 1 aromatic rings. The Labute approximate surface area is 127 Å². The molecule has 2 unspecified atom stereocenters. The van der Waals surface area contributed by atoms with E-state index in [1.165, 1.54) is 0 Å². The predicted octanol–water partition coefficient (Wildman–Crippen LogP) is 3.44. The first kappa shape index (κ1) is 14.8. The van der Waals surface area contributed by atoms with Gasteiger partial charge in [-0.25, -0.2) is 0 Å². The predicted molar refractivity (Wildman–Crippen MR) is 81.5 cm³/mol. The molecule has 2 rings (SSSR count). The van der Waals surface area contributed by atoms with Gasteiger partial charge in [0.2, 0.25) is 0 Å². The van der Waals surface area contributed by atoms with Crippen LogP contribution in [-0.4, -0.2) is 29.4 Å². The molecule has 3 nitrogen and oxygen atoms in total. The van der Waals surface area contributed by atoms with Crippen LogP contribution in [-0.2, 0) is 0 Å². The van der Waals surface area contributed by atoms with Crippen molar-refractivity contribution in [2.75, 3.05) is 6.54 Å². The van der Waals surface area contributed by atoms with Gasteiger partial charge in [-0.1, -0.05) is 27.5 Å². The second kappa shape index (κ2) is 6.25. The highest BCUT2D eigenvalue weighted by Crippen LogP contribution is 2.27. The lowest BCUT2D eigenvalue weighted by molar-refractivity contribution is 0.0494. The van der Waals surface area contributed by atoms with Crippen molar-refractivity contribution in [2.24, 2.45) is 5.73 Å². The minimum atomic E-state index is 0.0193. The number of nitrogens with two attached hydrogens (primary N) is 1. The van der Waals surface area contributed by atoms with E-state index in [0.717, 1.165) is 23.7 Å². The number of hydrogen-bond donors (Lipinski definition) is 1. The fraction of sp³-hybridized carbons (Fsp3) is 0.500. The van der Waals surface area contributed by atoms with Crippen molar-refractivity contribution < 1.29 is 4.79 Å². The summed E-state index contributed by atoms with van der Waals surface area (Å²) < 4.78 is 0.817. The normalized spacial score (nSPS) is 23.5. The lowest BCUT2D eigenvalue weighted by Crippen LogP contribution is -2.51. The first-order valence-electron chi connectivity index (χ1n) is 6.51. The second-order valence-electron chi connectivity index (χ2n) is 5.04. The average molecular weight is 346 g/mol. The van der Waals surface area contributed by atoms with E-state index in [0.29, 0.717) is 17.1 Å². The molecule has 1 saturated heterocycles. The minimum Gasteiger partial charge on any atom is -0.332 e. The molecular formula is C14H18BrClN2O. The highest BCUT2D eigenvalue weighted by atomic mass is 79.9. The third kappa shape index (κ3) is 3.30. The first-order valence-corrected chi connectivity index (χ1v) is 7.69. The molecule has 2 N–H and O–H groups in total. The SMILES string of the molecule is CC1CCCC(CN)N1C(=O)c1cc(Cl)cc(Br)c1. The molecule has 0 bridgehead atoms. The van der Waals surface area contributed by atoms with Gasteiger partial charge >= 0.3 is 0 Å². The van der Waals surface area contributed by atoms with E-state index in [4.69, 9.17) is 17.3 Å². The van der Waals surface area contributed by atoms with Gasteiger partial charge < -0.3 is 10.6 Å². The molecule has 1 fully saturated rings. The fourth-order valence-corrected chi connectivity index (χ4v) is 3.57. The second-order valence-corrected chi connectivity index (χ2v) is 6.39. The van der Waals surface area contributed by atoms with Gasteiger partial charge in [-0.2, -0.15) is 0 Å². The third-order valence-electron chi connectivity index (χ3n) is 3.64. The van der Waals surface area contributed by atoms with Crippen LogP contribution in [0, 0.1) is 0 Å². The summed E-state index contributed by atoms with van der Waals surface area (Å²) in [4.78, 5) is 14.6. The lowest BCUT2D eigenvalue weighted by atomic mass is 9.95. The van der Waals surface area contributed by atoms with Crippen molar-refractivity contribution in [3.05, 3.63) is 33.3 Å². The number of benzene rings is 1. The van der Waals surface area contributed by atoms with Crippen LogP contribution in [0.2, 0.25) is 5.02 Å². The molecule has 19 heavy (non-hydrogen) atoms. The summed E-state index contributed by atoms with van der Waals surface area (Å²) in [6.45, 7) is 2.59. The summed E-state index contributed by atoms with van der Waals surface area (Å²) in [6, 6.07) is 5.66. The van der Waals surface area contributed by atoms with Crippen LogP contribution in [0.15, 0.2) is 22.7 Å². The molecule has 1 amide bonds. The van der Waals surface area contributed by atoms with Gasteiger partial charge in [0.05, 0.1) is 0 Å². The monoisotopic (exact) mass is 344 g/mol. The van der Waals surface area contributed by atoms with Crippen LogP contribution >= 0.6 is 27.5 Å².